The summed E-state index contributed by atoms with van der Waals surface area (Å²) in [5.41, 5.74) is 1.02. The van der Waals surface area contributed by atoms with Crippen LogP contribution in [0.2, 0.25) is 0 Å². The van der Waals surface area contributed by atoms with Crippen molar-refractivity contribution in [1.82, 2.24) is 15.5 Å². The van der Waals surface area contributed by atoms with Gasteiger partial charge in [0.2, 0.25) is 0 Å². The van der Waals surface area contributed by atoms with E-state index in [0.717, 1.165) is 31.1 Å². The predicted molar refractivity (Wildman–Crippen MR) is 74.6 cm³/mol. The Morgan fingerprint density at radius 2 is 2.11 bits per heavy atom. The van der Waals surface area contributed by atoms with Crippen molar-refractivity contribution in [3.8, 4) is 0 Å². The Hall–Kier alpha value is -1.16. The molecule has 1 aliphatic carbocycles. The minimum atomic E-state index is 0.669. The molecule has 1 aromatic heterocycles. The summed E-state index contributed by atoms with van der Waals surface area (Å²) in [6, 6.07) is 4.89. The van der Waals surface area contributed by atoms with E-state index in [1.165, 1.54) is 12.8 Å². The molecular weight excluding hydrogens is 224 g/mol. The van der Waals surface area contributed by atoms with Crippen molar-refractivity contribution >= 4 is 5.82 Å². The zero-order chi connectivity index (χ0) is 13.0. The minimum absolute atomic E-state index is 0.669. The second kappa shape index (κ2) is 6.14. The van der Waals surface area contributed by atoms with Crippen molar-refractivity contribution < 1.29 is 0 Å². The molecule has 1 heterocycles. The van der Waals surface area contributed by atoms with Crippen LogP contribution in [0.3, 0.4) is 0 Å². The molecule has 4 heteroatoms. The van der Waals surface area contributed by atoms with E-state index in [4.69, 9.17) is 0 Å². The number of rotatable bonds is 7. The first-order valence-electron chi connectivity index (χ1n) is 7.00. The molecule has 100 valence electrons. The van der Waals surface area contributed by atoms with Crippen molar-refractivity contribution in [2.75, 3.05) is 18.0 Å². The molecule has 18 heavy (non-hydrogen) atoms. The Kier molecular flexibility index (Phi) is 4.53. The van der Waals surface area contributed by atoms with Crippen LogP contribution in [0.25, 0.3) is 0 Å². The Morgan fingerprint density at radius 3 is 2.61 bits per heavy atom. The molecular formula is C14H24N4. The van der Waals surface area contributed by atoms with Gasteiger partial charge in [-0.15, -0.1) is 5.10 Å². The molecule has 0 spiro atoms. The van der Waals surface area contributed by atoms with Crippen molar-refractivity contribution in [2.45, 2.75) is 46.2 Å². The summed E-state index contributed by atoms with van der Waals surface area (Å²) in [5, 5.41) is 12.0. The van der Waals surface area contributed by atoms with Crippen molar-refractivity contribution in [3.05, 3.63) is 17.8 Å². The SMILES string of the molecule is CCN(c1ccc(CNCC(C)C)nn1)C1CC1. The van der Waals surface area contributed by atoms with E-state index in [1.54, 1.807) is 0 Å². The van der Waals surface area contributed by atoms with Gasteiger partial charge in [0.05, 0.1) is 5.69 Å². The van der Waals surface area contributed by atoms with Crippen LogP contribution in [-0.4, -0.2) is 29.3 Å². The van der Waals surface area contributed by atoms with Crippen LogP contribution in [0.4, 0.5) is 5.82 Å². The maximum absolute atomic E-state index is 4.34. The Balaban J connectivity index is 1.88. The Morgan fingerprint density at radius 1 is 1.33 bits per heavy atom. The molecule has 0 amide bonds. The van der Waals surface area contributed by atoms with Gasteiger partial charge in [0.1, 0.15) is 0 Å². The summed E-state index contributed by atoms with van der Waals surface area (Å²) in [4.78, 5) is 2.35. The number of anilines is 1. The summed E-state index contributed by atoms with van der Waals surface area (Å²) in [6.07, 6.45) is 2.60. The second-order valence-corrected chi connectivity index (χ2v) is 5.42. The molecule has 1 saturated carbocycles. The smallest absolute Gasteiger partial charge is 0.151 e. The molecule has 0 saturated heterocycles. The molecule has 1 fully saturated rings. The molecule has 0 bridgehead atoms. The lowest BCUT2D eigenvalue weighted by Crippen LogP contribution is -2.26. The van der Waals surface area contributed by atoms with E-state index in [2.05, 4.69) is 53.3 Å². The number of nitrogens with zero attached hydrogens (tertiary/aromatic N) is 3. The molecule has 4 nitrogen and oxygen atoms in total. The topological polar surface area (TPSA) is 41.0 Å². The molecule has 0 atom stereocenters. The average molecular weight is 248 g/mol. The molecule has 0 aromatic carbocycles. The highest BCUT2D eigenvalue weighted by atomic mass is 15.3. The largest absolute Gasteiger partial charge is 0.352 e. The van der Waals surface area contributed by atoms with E-state index in [-0.39, 0.29) is 0 Å². The van der Waals surface area contributed by atoms with Gasteiger partial charge in [0, 0.05) is 19.1 Å². The highest BCUT2D eigenvalue weighted by Crippen LogP contribution is 2.29. The lowest BCUT2D eigenvalue weighted by Gasteiger charge is -2.20. The van der Waals surface area contributed by atoms with Crippen LogP contribution in [-0.2, 0) is 6.54 Å². The van der Waals surface area contributed by atoms with Gasteiger partial charge in [-0.1, -0.05) is 13.8 Å². The van der Waals surface area contributed by atoms with Crippen LogP contribution in [0.1, 0.15) is 39.3 Å². The van der Waals surface area contributed by atoms with Gasteiger partial charge >= 0.3 is 0 Å². The number of aromatic nitrogens is 2. The van der Waals surface area contributed by atoms with Gasteiger partial charge in [0.15, 0.2) is 5.82 Å². The van der Waals surface area contributed by atoms with Crippen molar-refractivity contribution in [1.29, 1.82) is 0 Å². The Bertz CT molecular complexity index is 357. The third-order valence-electron chi connectivity index (χ3n) is 3.19. The van der Waals surface area contributed by atoms with E-state index < -0.39 is 0 Å². The molecule has 1 N–H and O–H groups in total. The quantitative estimate of drug-likeness (QED) is 0.803. The van der Waals surface area contributed by atoms with Gasteiger partial charge in [-0.2, -0.15) is 5.10 Å². The number of hydrogen-bond acceptors (Lipinski definition) is 4. The average Bonchev–Trinajstić information content (AvgIpc) is 3.16. The molecule has 1 aliphatic rings. The summed E-state index contributed by atoms with van der Waals surface area (Å²) >= 11 is 0. The molecule has 2 rings (SSSR count). The first-order valence-corrected chi connectivity index (χ1v) is 7.00. The lowest BCUT2D eigenvalue weighted by molar-refractivity contribution is 0.546. The number of nitrogens with one attached hydrogen (secondary N) is 1. The zero-order valence-electron chi connectivity index (χ0n) is 11.7. The fourth-order valence-electron chi connectivity index (χ4n) is 2.08. The minimum Gasteiger partial charge on any atom is -0.352 e. The third kappa shape index (κ3) is 3.67. The standard InChI is InChI=1S/C14H24N4/c1-4-18(13-6-7-13)14-8-5-12(16-17-14)10-15-9-11(2)3/h5,8,11,13,15H,4,6-7,9-10H2,1-3H3. The molecule has 0 unspecified atom stereocenters. The predicted octanol–water partition coefficient (Wildman–Crippen LogP) is 2.21. The van der Waals surface area contributed by atoms with Crippen LogP contribution in [0, 0.1) is 5.92 Å². The van der Waals surface area contributed by atoms with E-state index in [0.29, 0.717) is 12.0 Å². The van der Waals surface area contributed by atoms with Crippen LogP contribution in [0.15, 0.2) is 12.1 Å². The summed E-state index contributed by atoms with van der Waals surface area (Å²) in [6.45, 7) is 9.43. The van der Waals surface area contributed by atoms with E-state index in [1.807, 2.05) is 0 Å². The van der Waals surface area contributed by atoms with E-state index >= 15 is 0 Å². The van der Waals surface area contributed by atoms with E-state index in [9.17, 15) is 0 Å². The van der Waals surface area contributed by atoms with Crippen LogP contribution in [0.5, 0.6) is 0 Å². The first-order chi connectivity index (χ1) is 8.70. The van der Waals surface area contributed by atoms with Gasteiger partial charge in [-0.3, -0.25) is 0 Å². The van der Waals surface area contributed by atoms with Crippen molar-refractivity contribution in [3.63, 3.8) is 0 Å². The number of hydrogen-bond donors (Lipinski definition) is 1. The highest BCUT2D eigenvalue weighted by Gasteiger charge is 2.28. The van der Waals surface area contributed by atoms with Crippen LogP contribution >= 0.6 is 0 Å². The first kappa shape index (κ1) is 13.3. The molecule has 0 aliphatic heterocycles. The van der Waals surface area contributed by atoms with Gasteiger partial charge < -0.3 is 10.2 Å². The summed E-state index contributed by atoms with van der Waals surface area (Å²) in [5.74, 6) is 1.69. The fourth-order valence-corrected chi connectivity index (χ4v) is 2.08. The van der Waals surface area contributed by atoms with Gasteiger partial charge in [0.25, 0.3) is 0 Å². The van der Waals surface area contributed by atoms with Gasteiger partial charge in [-0.05, 0) is 44.4 Å². The molecule has 1 aromatic rings. The summed E-state index contributed by atoms with van der Waals surface area (Å²) in [7, 11) is 0. The normalized spacial score (nSPS) is 15.1. The fraction of sp³-hybridized carbons (Fsp3) is 0.714. The lowest BCUT2D eigenvalue weighted by atomic mass is 10.2. The second-order valence-electron chi connectivity index (χ2n) is 5.42. The Labute approximate surface area is 110 Å². The van der Waals surface area contributed by atoms with Gasteiger partial charge in [-0.25, -0.2) is 0 Å². The highest BCUT2D eigenvalue weighted by molar-refractivity contribution is 5.40. The summed E-state index contributed by atoms with van der Waals surface area (Å²) < 4.78 is 0. The maximum atomic E-state index is 4.34. The van der Waals surface area contributed by atoms with Crippen molar-refractivity contribution in [2.24, 2.45) is 5.92 Å². The maximum Gasteiger partial charge on any atom is 0.151 e. The third-order valence-corrected chi connectivity index (χ3v) is 3.19. The molecule has 0 radical (unpaired) electrons. The van der Waals surface area contributed by atoms with Crippen LogP contribution < -0.4 is 10.2 Å². The monoisotopic (exact) mass is 248 g/mol. The zero-order valence-corrected chi connectivity index (χ0v) is 11.7.